The van der Waals surface area contributed by atoms with Crippen LogP contribution in [0.2, 0.25) is 0 Å². The molecule has 0 spiro atoms. The average molecular weight is 404 g/mol. The number of hydrogen-bond donors (Lipinski definition) is 1. The standard InChI is InChI=1S/C20H24N2O5S/c1-13-9-16-11-15(6-7-17(16)22(13)28(4,24)25)20(23)21-12-14-5-8-18(26-2)19(10-14)27-3/h5-8,10-11,13H,9,12H2,1-4H3,(H,21,23)/t13-/m0/s1. The molecule has 28 heavy (non-hydrogen) atoms. The van der Waals surface area contributed by atoms with Crippen molar-refractivity contribution in [2.75, 3.05) is 24.8 Å². The molecule has 0 aliphatic carbocycles. The molecule has 0 saturated heterocycles. The summed E-state index contributed by atoms with van der Waals surface area (Å²) in [4.78, 5) is 12.6. The Labute approximate surface area is 165 Å². The van der Waals surface area contributed by atoms with E-state index >= 15 is 0 Å². The number of sulfonamides is 1. The molecular formula is C20H24N2O5S. The van der Waals surface area contributed by atoms with Crippen molar-refractivity contribution in [3.05, 3.63) is 53.1 Å². The number of amides is 1. The summed E-state index contributed by atoms with van der Waals surface area (Å²) in [6, 6.07) is 10.4. The lowest BCUT2D eigenvalue weighted by Gasteiger charge is -2.21. The maximum absolute atomic E-state index is 12.6. The molecule has 0 saturated carbocycles. The summed E-state index contributed by atoms with van der Waals surface area (Å²) in [5, 5.41) is 2.88. The predicted molar refractivity (Wildman–Crippen MR) is 108 cm³/mol. The minimum Gasteiger partial charge on any atom is -0.493 e. The summed E-state index contributed by atoms with van der Waals surface area (Å²) in [5.74, 6) is 1.01. The molecule has 1 heterocycles. The van der Waals surface area contributed by atoms with Crippen molar-refractivity contribution in [2.24, 2.45) is 0 Å². The van der Waals surface area contributed by atoms with E-state index < -0.39 is 10.0 Å². The van der Waals surface area contributed by atoms with Gasteiger partial charge in [-0.05, 0) is 54.8 Å². The quantitative estimate of drug-likeness (QED) is 0.799. The second-order valence-corrected chi connectivity index (χ2v) is 8.69. The van der Waals surface area contributed by atoms with Crippen LogP contribution in [0.5, 0.6) is 11.5 Å². The monoisotopic (exact) mass is 404 g/mol. The van der Waals surface area contributed by atoms with E-state index in [0.717, 1.165) is 11.1 Å². The number of hydrogen-bond acceptors (Lipinski definition) is 5. The van der Waals surface area contributed by atoms with E-state index in [2.05, 4.69) is 5.32 Å². The molecule has 150 valence electrons. The zero-order valence-electron chi connectivity index (χ0n) is 16.4. The highest BCUT2D eigenvalue weighted by molar-refractivity contribution is 7.92. The Balaban J connectivity index is 1.74. The van der Waals surface area contributed by atoms with Gasteiger partial charge in [-0.25, -0.2) is 8.42 Å². The Morgan fingerprint density at radius 3 is 2.50 bits per heavy atom. The average Bonchev–Trinajstić information content (AvgIpc) is 3.00. The van der Waals surface area contributed by atoms with Crippen molar-refractivity contribution in [1.29, 1.82) is 0 Å². The molecule has 1 aliphatic heterocycles. The van der Waals surface area contributed by atoms with E-state index in [4.69, 9.17) is 9.47 Å². The summed E-state index contributed by atoms with van der Waals surface area (Å²) < 4.78 is 35.9. The van der Waals surface area contributed by atoms with Crippen LogP contribution in [0, 0.1) is 0 Å². The molecule has 7 nitrogen and oxygen atoms in total. The summed E-state index contributed by atoms with van der Waals surface area (Å²) in [5.41, 5.74) is 2.88. The molecule has 3 rings (SSSR count). The summed E-state index contributed by atoms with van der Waals surface area (Å²) >= 11 is 0. The van der Waals surface area contributed by atoms with Gasteiger partial charge in [0.2, 0.25) is 10.0 Å². The number of nitrogens with zero attached hydrogens (tertiary/aromatic N) is 1. The highest BCUT2D eigenvalue weighted by Gasteiger charge is 2.32. The number of fused-ring (bicyclic) bond motifs is 1. The zero-order chi connectivity index (χ0) is 20.5. The van der Waals surface area contributed by atoms with Crippen LogP contribution in [0.3, 0.4) is 0 Å². The Morgan fingerprint density at radius 1 is 1.14 bits per heavy atom. The first-order valence-electron chi connectivity index (χ1n) is 8.86. The Kier molecular flexibility index (Phi) is 5.51. The molecule has 1 amide bonds. The van der Waals surface area contributed by atoms with Crippen LogP contribution >= 0.6 is 0 Å². The smallest absolute Gasteiger partial charge is 0.251 e. The fourth-order valence-corrected chi connectivity index (χ4v) is 4.79. The van der Waals surface area contributed by atoms with Crippen LogP contribution in [-0.4, -0.2) is 40.8 Å². The predicted octanol–water partition coefficient (Wildman–Crippen LogP) is 2.34. The third-order valence-corrected chi connectivity index (χ3v) is 6.02. The van der Waals surface area contributed by atoms with Gasteiger partial charge in [-0.3, -0.25) is 9.10 Å². The second-order valence-electron chi connectivity index (χ2n) is 6.83. The largest absolute Gasteiger partial charge is 0.493 e. The van der Waals surface area contributed by atoms with Crippen molar-refractivity contribution in [3.63, 3.8) is 0 Å². The first kappa shape index (κ1) is 20.0. The molecule has 0 unspecified atom stereocenters. The fourth-order valence-electron chi connectivity index (χ4n) is 3.52. The lowest BCUT2D eigenvalue weighted by molar-refractivity contribution is 0.0951. The highest BCUT2D eigenvalue weighted by Crippen LogP contribution is 2.34. The van der Waals surface area contributed by atoms with E-state index in [1.807, 2.05) is 19.1 Å². The summed E-state index contributed by atoms with van der Waals surface area (Å²) in [6.45, 7) is 2.19. The first-order chi connectivity index (χ1) is 13.2. The molecule has 1 atom stereocenters. The van der Waals surface area contributed by atoms with Gasteiger partial charge in [-0.1, -0.05) is 6.07 Å². The number of rotatable bonds is 6. The minimum atomic E-state index is -3.35. The third kappa shape index (κ3) is 3.91. The fraction of sp³-hybridized carbons (Fsp3) is 0.350. The van der Waals surface area contributed by atoms with Crippen LogP contribution in [0.15, 0.2) is 36.4 Å². The molecule has 0 fully saturated rings. The van der Waals surface area contributed by atoms with E-state index in [1.165, 1.54) is 10.6 Å². The van der Waals surface area contributed by atoms with Crippen molar-refractivity contribution in [2.45, 2.75) is 25.9 Å². The Bertz CT molecular complexity index is 1000. The van der Waals surface area contributed by atoms with Gasteiger partial charge in [0.15, 0.2) is 11.5 Å². The Hall–Kier alpha value is -2.74. The number of benzene rings is 2. The summed E-state index contributed by atoms with van der Waals surface area (Å²) in [6.07, 6.45) is 1.78. The first-order valence-corrected chi connectivity index (χ1v) is 10.7. The molecular weight excluding hydrogens is 380 g/mol. The van der Waals surface area contributed by atoms with Crippen molar-refractivity contribution < 1.29 is 22.7 Å². The molecule has 0 bridgehead atoms. The topological polar surface area (TPSA) is 84.9 Å². The van der Waals surface area contributed by atoms with Gasteiger partial charge in [0, 0.05) is 18.2 Å². The number of carbonyl (C=O) groups is 1. The molecule has 0 aromatic heterocycles. The van der Waals surface area contributed by atoms with Crippen molar-refractivity contribution in [3.8, 4) is 11.5 Å². The van der Waals surface area contributed by atoms with Gasteiger partial charge in [0.25, 0.3) is 5.91 Å². The van der Waals surface area contributed by atoms with Crippen LogP contribution in [-0.2, 0) is 23.0 Å². The maximum atomic E-state index is 12.6. The zero-order valence-corrected chi connectivity index (χ0v) is 17.2. The summed E-state index contributed by atoms with van der Waals surface area (Å²) in [7, 11) is -0.217. The number of anilines is 1. The van der Waals surface area contributed by atoms with Crippen molar-refractivity contribution in [1.82, 2.24) is 5.32 Å². The van der Waals surface area contributed by atoms with Crippen LogP contribution < -0.4 is 19.1 Å². The second kappa shape index (κ2) is 7.71. The molecule has 2 aromatic carbocycles. The number of methoxy groups -OCH3 is 2. The molecule has 1 N–H and O–H groups in total. The lowest BCUT2D eigenvalue weighted by atomic mass is 10.1. The van der Waals surface area contributed by atoms with Gasteiger partial charge in [-0.2, -0.15) is 0 Å². The van der Waals surface area contributed by atoms with Crippen LogP contribution in [0.25, 0.3) is 0 Å². The lowest BCUT2D eigenvalue weighted by Crippen LogP contribution is -2.34. The number of carbonyl (C=O) groups excluding carboxylic acids is 1. The normalized spacial score (nSPS) is 15.9. The van der Waals surface area contributed by atoms with Crippen LogP contribution in [0.1, 0.15) is 28.4 Å². The van der Waals surface area contributed by atoms with E-state index in [-0.39, 0.29) is 11.9 Å². The third-order valence-electron chi connectivity index (χ3n) is 4.75. The van der Waals surface area contributed by atoms with E-state index in [0.29, 0.717) is 35.7 Å². The molecule has 8 heteroatoms. The van der Waals surface area contributed by atoms with Gasteiger partial charge in [0.1, 0.15) is 0 Å². The highest BCUT2D eigenvalue weighted by atomic mass is 32.2. The minimum absolute atomic E-state index is 0.157. The Morgan fingerprint density at radius 2 is 1.86 bits per heavy atom. The SMILES string of the molecule is COc1ccc(CNC(=O)c2ccc3c(c2)C[C@H](C)N3S(C)(=O)=O)cc1OC. The number of ether oxygens (including phenoxy) is 2. The van der Waals surface area contributed by atoms with Gasteiger partial charge < -0.3 is 14.8 Å². The van der Waals surface area contributed by atoms with Gasteiger partial charge in [-0.15, -0.1) is 0 Å². The van der Waals surface area contributed by atoms with Gasteiger partial charge >= 0.3 is 0 Å². The number of nitrogens with one attached hydrogen (secondary N) is 1. The van der Waals surface area contributed by atoms with E-state index in [9.17, 15) is 13.2 Å². The molecule has 0 radical (unpaired) electrons. The van der Waals surface area contributed by atoms with Crippen molar-refractivity contribution >= 4 is 21.6 Å². The molecule has 2 aromatic rings. The van der Waals surface area contributed by atoms with Crippen LogP contribution in [0.4, 0.5) is 5.69 Å². The van der Waals surface area contributed by atoms with E-state index in [1.54, 1.807) is 38.5 Å². The molecule has 1 aliphatic rings. The van der Waals surface area contributed by atoms with Gasteiger partial charge in [0.05, 0.1) is 26.2 Å². The maximum Gasteiger partial charge on any atom is 0.251 e.